The maximum Gasteiger partial charge on any atom is 0.407 e. The average Bonchev–Trinajstić information content (AvgIpc) is 2.98. The molecule has 1 saturated heterocycles. The Balaban J connectivity index is 1.78. The first-order valence-corrected chi connectivity index (χ1v) is 8.89. The minimum absolute atomic E-state index is 0.0303. The lowest BCUT2D eigenvalue weighted by molar-refractivity contribution is 0.101. The van der Waals surface area contributed by atoms with Gasteiger partial charge in [-0.05, 0) is 36.5 Å². The van der Waals surface area contributed by atoms with E-state index in [4.69, 9.17) is 4.74 Å². The molecule has 1 N–H and O–H groups in total. The number of nitrogens with zero attached hydrogens (tertiary/aromatic N) is 1. The summed E-state index contributed by atoms with van der Waals surface area (Å²) in [7, 11) is 0. The van der Waals surface area contributed by atoms with Crippen molar-refractivity contribution in [3.8, 4) is 16.9 Å². The van der Waals surface area contributed by atoms with Crippen LogP contribution in [0.15, 0.2) is 42.5 Å². The van der Waals surface area contributed by atoms with Crippen LogP contribution < -0.4 is 4.74 Å². The summed E-state index contributed by atoms with van der Waals surface area (Å²) in [4.78, 5) is 24.6. The number of para-hydroxylation sites is 1. The smallest absolute Gasteiger partial charge is 0.407 e. The fourth-order valence-corrected chi connectivity index (χ4v) is 4.13. The third-order valence-electron chi connectivity index (χ3n) is 5.47. The quantitative estimate of drug-likeness (QED) is 0.830. The predicted molar refractivity (Wildman–Crippen MR) is 97.8 cm³/mol. The Morgan fingerprint density at radius 3 is 2.73 bits per heavy atom. The van der Waals surface area contributed by atoms with Gasteiger partial charge in [0.15, 0.2) is 5.78 Å². The molecule has 2 atom stereocenters. The molecule has 2 aromatic rings. The van der Waals surface area contributed by atoms with Gasteiger partial charge in [0.1, 0.15) is 5.75 Å². The van der Waals surface area contributed by atoms with Gasteiger partial charge in [-0.1, -0.05) is 36.4 Å². The van der Waals surface area contributed by atoms with Gasteiger partial charge >= 0.3 is 6.09 Å². The second-order valence-corrected chi connectivity index (χ2v) is 7.05. The number of hydrogen-bond donors (Lipinski definition) is 1. The Hall–Kier alpha value is -2.82. The SMILES string of the molecule is CC(=O)c1cccc(-c2cccc3c2OCC[C@H]2CN(C(=O)O)C[C@H]32)c1. The molecule has 2 aliphatic rings. The predicted octanol–water partition coefficient (Wildman–Crippen LogP) is 4.03. The van der Waals surface area contributed by atoms with Crippen LogP contribution in [0.5, 0.6) is 5.75 Å². The fraction of sp³-hybridized carbons (Fsp3) is 0.333. The van der Waals surface area contributed by atoms with Crippen molar-refractivity contribution in [2.75, 3.05) is 19.7 Å². The highest BCUT2D eigenvalue weighted by Gasteiger charge is 2.39. The van der Waals surface area contributed by atoms with Crippen molar-refractivity contribution in [1.29, 1.82) is 0 Å². The van der Waals surface area contributed by atoms with Gasteiger partial charge in [0.05, 0.1) is 6.61 Å². The molecular weight excluding hydrogens is 330 g/mol. The average molecular weight is 351 g/mol. The molecule has 1 amide bonds. The Morgan fingerprint density at radius 1 is 1.15 bits per heavy atom. The van der Waals surface area contributed by atoms with Gasteiger partial charge in [-0.25, -0.2) is 4.79 Å². The minimum Gasteiger partial charge on any atom is -0.493 e. The summed E-state index contributed by atoms with van der Waals surface area (Å²) >= 11 is 0. The standard InChI is InChI=1S/C21H21NO4/c1-13(23)14-4-2-5-15(10-14)17-6-3-7-18-19-12-22(21(24)25)11-16(19)8-9-26-20(17)18/h2-7,10,16,19H,8-9,11-12H2,1H3,(H,24,25)/t16-,19-/m0/s1. The molecule has 0 aromatic heterocycles. The lowest BCUT2D eigenvalue weighted by Crippen LogP contribution is -2.27. The number of carboxylic acid groups (broad SMARTS) is 1. The molecule has 1 fully saturated rings. The van der Waals surface area contributed by atoms with E-state index >= 15 is 0 Å². The number of hydrogen-bond acceptors (Lipinski definition) is 3. The number of likely N-dealkylation sites (tertiary alicyclic amines) is 1. The Kier molecular flexibility index (Phi) is 4.15. The van der Waals surface area contributed by atoms with Crippen molar-refractivity contribution in [1.82, 2.24) is 4.90 Å². The number of Topliss-reactive ketones (excluding diaryl/α,β-unsaturated/α-hetero) is 1. The molecule has 5 heteroatoms. The van der Waals surface area contributed by atoms with Crippen molar-refractivity contribution in [2.45, 2.75) is 19.3 Å². The highest BCUT2D eigenvalue weighted by Crippen LogP contribution is 2.45. The second-order valence-electron chi connectivity index (χ2n) is 7.05. The number of fused-ring (bicyclic) bond motifs is 3. The summed E-state index contributed by atoms with van der Waals surface area (Å²) in [6, 6.07) is 13.6. The molecule has 0 aliphatic carbocycles. The number of rotatable bonds is 2. The third kappa shape index (κ3) is 2.83. The van der Waals surface area contributed by atoms with Crippen molar-refractivity contribution in [3.05, 3.63) is 53.6 Å². The van der Waals surface area contributed by atoms with E-state index in [1.165, 1.54) is 4.90 Å². The van der Waals surface area contributed by atoms with Crippen LogP contribution in [0.4, 0.5) is 4.79 Å². The van der Waals surface area contributed by atoms with Crippen LogP contribution in [-0.2, 0) is 0 Å². The first kappa shape index (κ1) is 16.6. The van der Waals surface area contributed by atoms with Gasteiger partial charge < -0.3 is 14.7 Å². The largest absolute Gasteiger partial charge is 0.493 e. The molecule has 26 heavy (non-hydrogen) atoms. The Bertz CT molecular complexity index is 876. The number of carbonyl (C=O) groups excluding carboxylic acids is 1. The summed E-state index contributed by atoms with van der Waals surface area (Å²) < 4.78 is 6.12. The van der Waals surface area contributed by atoms with Gasteiger partial charge in [0.25, 0.3) is 0 Å². The van der Waals surface area contributed by atoms with Crippen molar-refractivity contribution < 1.29 is 19.4 Å². The Morgan fingerprint density at radius 2 is 1.96 bits per heavy atom. The molecule has 4 rings (SSSR count). The number of amides is 1. The van der Waals surface area contributed by atoms with Crippen molar-refractivity contribution in [2.24, 2.45) is 5.92 Å². The van der Waals surface area contributed by atoms with Gasteiger partial charge in [-0.2, -0.15) is 0 Å². The summed E-state index contributed by atoms with van der Waals surface area (Å²) in [6.45, 7) is 3.20. The molecule has 0 radical (unpaired) electrons. The zero-order valence-corrected chi connectivity index (χ0v) is 14.6. The lowest BCUT2D eigenvalue weighted by Gasteiger charge is -2.18. The number of ether oxygens (including phenoxy) is 1. The van der Waals surface area contributed by atoms with Crippen LogP contribution in [0, 0.1) is 5.92 Å². The summed E-state index contributed by atoms with van der Waals surface area (Å²) in [5, 5.41) is 9.36. The summed E-state index contributed by atoms with van der Waals surface area (Å²) in [5.74, 6) is 1.29. The molecule has 0 unspecified atom stereocenters. The van der Waals surface area contributed by atoms with E-state index in [-0.39, 0.29) is 17.6 Å². The van der Waals surface area contributed by atoms with Gasteiger partial charge in [0, 0.05) is 30.1 Å². The van der Waals surface area contributed by atoms with E-state index in [1.54, 1.807) is 6.92 Å². The van der Waals surface area contributed by atoms with E-state index in [1.807, 2.05) is 42.5 Å². The summed E-state index contributed by atoms with van der Waals surface area (Å²) in [5.41, 5.74) is 3.65. The first-order valence-electron chi connectivity index (χ1n) is 8.89. The minimum atomic E-state index is -0.856. The normalized spacial score (nSPS) is 21.3. The molecule has 2 aliphatic heterocycles. The Labute approximate surface area is 152 Å². The molecule has 2 heterocycles. The van der Waals surface area contributed by atoms with E-state index < -0.39 is 6.09 Å². The number of carbonyl (C=O) groups is 2. The van der Waals surface area contributed by atoms with E-state index in [0.29, 0.717) is 25.3 Å². The maximum absolute atomic E-state index is 11.7. The molecule has 0 bridgehead atoms. The molecule has 2 aromatic carbocycles. The monoisotopic (exact) mass is 351 g/mol. The van der Waals surface area contributed by atoms with Crippen LogP contribution in [0.1, 0.15) is 35.2 Å². The van der Waals surface area contributed by atoms with Crippen molar-refractivity contribution >= 4 is 11.9 Å². The van der Waals surface area contributed by atoms with Gasteiger partial charge in [-0.3, -0.25) is 4.79 Å². The molecule has 5 nitrogen and oxygen atoms in total. The van der Waals surface area contributed by atoms with Crippen LogP contribution in [0.25, 0.3) is 11.1 Å². The fourth-order valence-electron chi connectivity index (χ4n) is 4.13. The second kappa shape index (κ2) is 6.48. The first-order chi connectivity index (χ1) is 12.5. The van der Waals surface area contributed by atoms with Crippen LogP contribution in [0.2, 0.25) is 0 Å². The molecule has 134 valence electrons. The number of benzene rings is 2. The van der Waals surface area contributed by atoms with E-state index in [2.05, 4.69) is 0 Å². The maximum atomic E-state index is 11.7. The molecule has 0 saturated carbocycles. The van der Waals surface area contributed by atoms with Crippen LogP contribution in [-0.4, -0.2) is 41.6 Å². The summed E-state index contributed by atoms with van der Waals surface area (Å²) in [6.07, 6.45) is -0.0124. The van der Waals surface area contributed by atoms with E-state index in [9.17, 15) is 14.7 Å². The molecular formula is C21H21NO4. The van der Waals surface area contributed by atoms with Gasteiger partial charge in [-0.15, -0.1) is 0 Å². The number of ketones is 1. The highest BCUT2D eigenvalue weighted by atomic mass is 16.5. The van der Waals surface area contributed by atoms with E-state index in [0.717, 1.165) is 28.9 Å². The molecule has 0 spiro atoms. The zero-order valence-electron chi connectivity index (χ0n) is 14.6. The van der Waals surface area contributed by atoms with Gasteiger partial charge in [0.2, 0.25) is 0 Å². The van der Waals surface area contributed by atoms with Crippen LogP contribution >= 0.6 is 0 Å². The highest BCUT2D eigenvalue weighted by molar-refractivity contribution is 5.95. The third-order valence-corrected chi connectivity index (χ3v) is 5.47. The zero-order chi connectivity index (χ0) is 18.3. The van der Waals surface area contributed by atoms with Crippen LogP contribution in [0.3, 0.4) is 0 Å². The topological polar surface area (TPSA) is 66.8 Å². The van der Waals surface area contributed by atoms with Crippen molar-refractivity contribution in [3.63, 3.8) is 0 Å². The lowest BCUT2D eigenvalue weighted by atomic mass is 9.85.